The summed E-state index contributed by atoms with van der Waals surface area (Å²) in [6, 6.07) is 7.62. The molecule has 9 nitrogen and oxygen atoms in total. The first kappa shape index (κ1) is 18.2. The molecule has 140 valence electrons. The van der Waals surface area contributed by atoms with Crippen LogP contribution in [0.4, 0.5) is 5.69 Å². The summed E-state index contributed by atoms with van der Waals surface area (Å²) in [5.41, 5.74) is 6.16. The number of carbonyl (C=O) groups is 1. The smallest absolute Gasteiger partial charge is 0.263 e. The van der Waals surface area contributed by atoms with E-state index in [1.807, 2.05) is 24.3 Å². The van der Waals surface area contributed by atoms with Crippen LogP contribution >= 0.6 is 0 Å². The van der Waals surface area contributed by atoms with Crippen LogP contribution in [0.5, 0.6) is 5.75 Å². The first-order valence-electron chi connectivity index (χ1n) is 8.05. The van der Waals surface area contributed by atoms with Gasteiger partial charge in [-0.25, -0.2) is 8.42 Å². The van der Waals surface area contributed by atoms with Crippen molar-refractivity contribution >= 4 is 21.6 Å². The Morgan fingerprint density at radius 3 is 2.54 bits per heavy atom. The largest absolute Gasteiger partial charge is 0.497 e. The van der Waals surface area contributed by atoms with Crippen molar-refractivity contribution in [2.75, 3.05) is 38.2 Å². The Balaban J connectivity index is 1.78. The highest BCUT2D eigenvalue weighted by atomic mass is 32.2. The molecule has 26 heavy (non-hydrogen) atoms. The topological polar surface area (TPSA) is 111 Å². The number of carbonyl (C=O) groups excluding carboxylic acids is 1. The van der Waals surface area contributed by atoms with Gasteiger partial charge in [-0.2, -0.15) is 9.40 Å². The summed E-state index contributed by atoms with van der Waals surface area (Å²) in [7, 11) is -0.734. The molecular formula is C16H21N5O4S. The van der Waals surface area contributed by atoms with Crippen LogP contribution in [-0.4, -0.2) is 61.7 Å². The van der Waals surface area contributed by atoms with Gasteiger partial charge in [0.1, 0.15) is 5.75 Å². The molecule has 0 bridgehead atoms. The van der Waals surface area contributed by atoms with Gasteiger partial charge in [-0.05, 0) is 12.1 Å². The number of ether oxygens (including phenoxy) is 1. The molecule has 0 radical (unpaired) electrons. The van der Waals surface area contributed by atoms with Gasteiger partial charge in [-0.15, -0.1) is 0 Å². The number of sulfonamides is 1. The molecule has 1 aromatic heterocycles. The minimum atomic E-state index is -3.89. The Labute approximate surface area is 152 Å². The predicted molar refractivity (Wildman–Crippen MR) is 95.7 cm³/mol. The number of hydrogen-bond acceptors (Lipinski definition) is 6. The van der Waals surface area contributed by atoms with Crippen LogP contribution in [0.25, 0.3) is 0 Å². The van der Waals surface area contributed by atoms with Crippen molar-refractivity contribution in [1.82, 2.24) is 14.1 Å². The van der Waals surface area contributed by atoms with E-state index in [9.17, 15) is 13.2 Å². The molecule has 2 N–H and O–H groups in total. The van der Waals surface area contributed by atoms with Gasteiger partial charge in [0.05, 0.1) is 12.7 Å². The third kappa shape index (κ3) is 3.37. The zero-order valence-electron chi connectivity index (χ0n) is 14.6. The molecule has 2 aromatic rings. The molecule has 1 saturated heterocycles. The molecular weight excluding hydrogens is 358 g/mol. The van der Waals surface area contributed by atoms with E-state index in [4.69, 9.17) is 10.5 Å². The van der Waals surface area contributed by atoms with Gasteiger partial charge in [0.15, 0.2) is 0 Å². The number of nitrogens with zero attached hydrogens (tertiary/aromatic N) is 4. The highest BCUT2D eigenvalue weighted by Gasteiger charge is 2.34. The summed E-state index contributed by atoms with van der Waals surface area (Å²) in [6.45, 7) is 1.61. The monoisotopic (exact) mass is 379 g/mol. The Kier molecular flexibility index (Phi) is 4.88. The third-order valence-corrected chi connectivity index (χ3v) is 6.14. The molecule has 0 spiro atoms. The fourth-order valence-electron chi connectivity index (χ4n) is 2.94. The van der Waals surface area contributed by atoms with Crippen LogP contribution in [0, 0.1) is 0 Å². The Morgan fingerprint density at radius 1 is 1.23 bits per heavy atom. The Bertz CT molecular complexity index is 916. The fraction of sp³-hybridized carbons (Fsp3) is 0.375. The second-order valence-electron chi connectivity index (χ2n) is 5.98. The summed E-state index contributed by atoms with van der Waals surface area (Å²) in [5.74, 6) is -0.0659. The number of aryl methyl sites for hydroxylation is 1. The lowest BCUT2D eigenvalue weighted by atomic mass is 10.2. The number of aromatic nitrogens is 2. The van der Waals surface area contributed by atoms with Crippen LogP contribution in [0.15, 0.2) is 35.5 Å². The maximum atomic E-state index is 12.9. The second kappa shape index (κ2) is 6.96. The minimum absolute atomic E-state index is 0.0947. The quantitative estimate of drug-likeness (QED) is 0.785. The molecule has 0 saturated carbocycles. The van der Waals surface area contributed by atoms with Crippen molar-refractivity contribution in [3.8, 4) is 5.75 Å². The molecule has 0 unspecified atom stereocenters. The van der Waals surface area contributed by atoms with E-state index in [0.717, 1.165) is 11.4 Å². The summed E-state index contributed by atoms with van der Waals surface area (Å²) < 4.78 is 33.6. The van der Waals surface area contributed by atoms with Crippen LogP contribution < -0.4 is 15.4 Å². The molecule has 3 rings (SSSR count). The van der Waals surface area contributed by atoms with Gasteiger partial charge in [0, 0.05) is 51.2 Å². The highest BCUT2D eigenvalue weighted by Crippen LogP contribution is 2.24. The zero-order valence-corrected chi connectivity index (χ0v) is 15.4. The summed E-state index contributed by atoms with van der Waals surface area (Å²) >= 11 is 0. The van der Waals surface area contributed by atoms with Crippen LogP contribution in [0.3, 0.4) is 0 Å². The number of rotatable bonds is 5. The lowest BCUT2D eigenvalue weighted by molar-refractivity contribution is 0.0997. The second-order valence-corrected chi connectivity index (χ2v) is 7.83. The normalized spacial score (nSPS) is 15.8. The third-order valence-electron chi connectivity index (χ3n) is 4.30. The van der Waals surface area contributed by atoms with Crippen LogP contribution in [0.2, 0.25) is 0 Å². The van der Waals surface area contributed by atoms with E-state index < -0.39 is 15.9 Å². The first-order chi connectivity index (χ1) is 12.3. The average molecular weight is 379 g/mol. The maximum Gasteiger partial charge on any atom is 0.263 e. The number of primary amides is 1. The molecule has 2 heterocycles. The summed E-state index contributed by atoms with van der Waals surface area (Å²) in [5, 5.41) is 3.65. The van der Waals surface area contributed by atoms with E-state index in [-0.39, 0.29) is 23.7 Å². The van der Waals surface area contributed by atoms with E-state index in [2.05, 4.69) is 10.00 Å². The number of benzene rings is 1. The number of methoxy groups -OCH3 is 1. The number of anilines is 1. The van der Waals surface area contributed by atoms with Crippen LogP contribution in [0.1, 0.15) is 10.4 Å². The lowest BCUT2D eigenvalue weighted by Crippen LogP contribution is -2.49. The molecule has 10 heteroatoms. The average Bonchev–Trinajstić information content (AvgIpc) is 3.05. The summed E-state index contributed by atoms with van der Waals surface area (Å²) in [6.07, 6.45) is 1.32. The minimum Gasteiger partial charge on any atom is -0.497 e. The zero-order chi connectivity index (χ0) is 18.9. The number of nitrogens with two attached hydrogens (primary N) is 1. The van der Waals surface area contributed by atoms with Gasteiger partial charge >= 0.3 is 0 Å². The first-order valence-corrected chi connectivity index (χ1v) is 9.49. The van der Waals surface area contributed by atoms with Gasteiger partial charge in [-0.3, -0.25) is 9.48 Å². The van der Waals surface area contributed by atoms with Crippen molar-refractivity contribution in [2.24, 2.45) is 12.8 Å². The Hall–Kier alpha value is -2.59. The fourth-order valence-corrected chi connectivity index (χ4v) is 4.50. The van der Waals surface area contributed by atoms with E-state index >= 15 is 0 Å². The Morgan fingerprint density at radius 2 is 1.92 bits per heavy atom. The summed E-state index contributed by atoms with van der Waals surface area (Å²) in [4.78, 5) is 13.6. The van der Waals surface area contributed by atoms with Gasteiger partial charge in [0.25, 0.3) is 15.9 Å². The molecule has 1 aliphatic heterocycles. The number of amides is 1. The molecule has 1 amide bonds. The van der Waals surface area contributed by atoms with Gasteiger partial charge < -0.3 is 15.4 Å². The molecule has 0 aliphatic carbocycles. The maximum absolute atomic E-state index is 12.9. The van der Waals surface area contributed by atoms with Crippen molar-refractivity contribution in [2.45, 2.75) is 5.03 Å². The van der Waals surface area contributed by atoms with Crippen molar-refractivity contribution in [1.29, 1.82) is 0 Å². The van der Waals surface area contributed by atoms with Gasteiger partial charge in [-0.1, -0.05) is 6.07 Å². The molecule has 0 atom stereocenters. The standard InChI is InChI=1S/C16H21N5O4S/c1-19-11-14(15(17)22)16(18-19)26(23,24)21-8-6-20(7-9-21)12-4-3-5-13(10-12)25-2/h3-5,10-11H,6-9H2,1-2H3,(H2,17,22). The van der Waals surface area contributed by atoms with E-state index in [1.54, 1.807) is 14.2 Å². The van der Waals surface area contributed by atoms with E-state index in [0.29, 0.717) is 13.1 Å². The van der Waals surface area contributed by atoms with Crippen molar-refractivity contribution in [3.63, 3.8) is 0 Å². The molecule has 1 fully saturated rings. The number of piperazine rings is 1. The molecule has 1 aliphatic rings. The molecule has 1 aromatic carbocycles. The van der Waals surface area contributed by atoms with E-state index in [1.165, 1.54) is 15.2 Å². The lowest BCUT2D eigenvalue weighted by Gasteiger charge is -2.35. The predicted octanol–water partition coefficient (Wildman–Crippen LogP) is 0.0385. The highest BCUT2D eigenvalue weighted by molar-refractivity contribution is 7.89. The van der Waals surface area contributed by atoms with Gasteiger partial charge in [0.2, 0.25) is 5.03 Å². The van der Waals surface area contributed by atoms with Crippen molar-refractivity contribution in [3.05, 3.63) is 36.0 Å². The number of hydrogen-bond donors (Lipinski definition) is 1. The van der Waals surface area contributed by atoms with Crippen LogP contribution in [-0.2, 0) is 17.1 Å². The SMILES string of the molecule is COc1cccc(N2CCN(S(=O)(=O)c3nn(C)cc3C(N)=O)CC2)c1. The van der Waals surface area contributed by atoms with Crippen molar-refractivity contribution < 1.29 is 17.9 Å².